The lowest BCUT2D eigenvalue weighted by Crippen LogP contribution is -2.15. The second kappa shape index (κ2) is 10.9. The molecule has 0 aliphatic rings. The van der Waals surface area contributed by atoms with Crippen LogP contribution < -0.4 is 15.9 Å². The molecule has 0 spiro atoms. The molecule has 7 nitrogen and oxygen atoms in total. The second-order valence-corrected chi connectivity index (χ2v) is 9.03. The summed E-state index contributed by atoms with van der Waals surface area (Å²) in [7, 11) is 0. The van der Waals surface area contributed by atoms with Gasteiger partial charge < -0.3 is 15.9 Å². The van der Waals surface area contributed by atoms with Crippen LogP contribution >= 0.6 is 11.8 Å². The number of amides is 1. The van der Waals surface area contributed by atoms with Crippen molar-refractivity contribution in [3.8, 4) is 5.75 Å². The maximum absolute atomic E-state index is 12.4. The minimum Gasteiger partial charge on any atom is -0.486 e. The zero-order chi connectivity index (χ0) is 23.9. The Balaban J connectivity index is 1.29. The zero-order valence-corrected chi connectivity index (χ0v) is 20.0. The van der Waals surface area contributed by atoms with Crippen molar-refractivity contribution in [2.75, 3.05) is 11.2 Å². The van der Waals surface area contributed by atoms with E-state index in [2.05, 4.69) is 41.5 Å². The number of para-hydroxylation sites is 1. The van der Waals surface area contributed by atoms with Gasteiger partial charge in [-0.1, -0.05) is 68.1 Å². The van der Waals surface area contributed by atoms with Gasteiger partial charge in [-0.15, -0.1) is 10.2 Å². The average Bonchev–Trinajstić information content (AvgIpc) is 3.21. The molecular weight excluding hydrogens is 446 g/mol. The predicted molar refractivity (Wildman–Crippen MR) is 135 cm³/mol. The third-order valence-corrected chi connectivity index (χ3v) is 6.28. The van der Waals surface area contributed by atoms with E-state index >= 15 is 0 Å². The van der Waals surface area contributed by atoms with Crippen molar-refractivity contribution in [3.63, 3.8) is 0 Å². The Morgan fingerprint density at radius 2 is 1.71 bits per heavy atom. The molecular formula is C26H27N5O2S. The van der Waals surface area contributed by atoms with E-state index in [4.69, 9.17) is 10.6 Å². The molecule has 8 heteroatoms. The SMILES string of the molecule is CC(C)c1ccc(OCc2nnc(SCc3ccc(C(=O)Nc4ccccc4)cc3)n2N)cc1. The normalized spacial score (nSPS) is 10.9. The molecule has 1 aromatic heterocycles. The third-order valence-electron chi connectivity index (χ3n) is 5.27. The first-order valence-corrected chi connectivity index (χ1v) is 12.0. The van der Waals surface area contributed by atoms with Crippen LogP contribution in [0.4, 0.5) is 5.69 Å². The molecule has 0 unspecified atom stereocenters. The topological polar surface area (TPSA) is 95.1 Å². The number of benzene rings is 3. The summed E-state index contributed by atoms with van der Waals surface area (Å²) in [5, 5.41) is 11.8. The molecule has 34 heavy (non-hydrogen) atoms. The Kier molecular flexibility index (Phi) is 7.49. The minimum absolute atomic E-state index is 0.143. The third kappa shape index (κ3) is 5.96. The number of thioether (sulfide) groups is 1. The summed E-state index contributed by atoms with van der Waals surface area (Å²) in [4.78, 5) is 12.4. The Morgan fingerprint density at radius 1 is 1.00 bits per heavy atom. The zero-order valence-electron chi connectivity index (χ0n) is 19.1. The van der Waals surface area contributed by atoms with Crippen LogP contribution in [-0.2, 0) is 12.4 Å². The van der Waals surface area contributed by atoms with Crippen LogP contribution in [0.2, 0.25) is 0 Å². The number of anilines is 1. The van der Waals surface area contributed by atoms with E-state index in [1.165, 1.54) is 22.0 Å². The lowest BCUT2D eigenvalue weighted by Gasteiger charge is -2.09. The number of nitrogen functional groups attached to an aromatic ring is 1. The van der Waals surface area contributed by atoms with Crippen molar-refractivity contribution in [1.29, 1.82) is 0 Å². The van der Waals surface area contributed by atoms with Crippen LogP contribution in [0.1, 0.15) is 47.1 Å². The second-order valence-electron chi connectivity index (χ2n) is 8.09. The molecule has 0 saturated heterocycles. The monoisotopic (exact) mass is 473 g/mol. The summed E-state index contributed by atoms with van der Waals surface area (Å²) in [5.74, 6) is 8.46. The van der Waals surface area contributed by atoms with E-state index in [1.807, 2.05) is 66.7 Å². The maximum atomic E-state index is 12.4. The van der Waals surface area contributed by atoms with Crippen LogP contribution in [0.25, 0.3) is 0 Å². The van der Waals surface area contributed by atoms with Crippen molar-refractivity contribution in [1.82, 2.24) is 14.9 Å². The highest BCUT2D eigenvalue weighted by Crippen LogP contribution is 2.22. The van der Waals surface area contributed by atoms with Crippen LogP contribution in [0.3, 0.4) is 0 Å². The maximum Gasteiger partial charge on any atom is 0.255 e. The number of hydrogen-bond donors (Lipinski definition) is 2. The molecule has 4 aromatic rings. The van der Waals surface area contributed by atoms with Crippen LogP contribution in [-0.4, -0.2) is 20.8 Å². The van der Waals surface area contributed by atoms with Crippen molar-refractivity contribution in [3.05, 3.63) is 101 Å². The van der Waals surface area contributed by atoms with Gasteiger partial charge in [0.05, 0.1) is 0 Å². The Bertz CT molecular complexity index is 1220. The fourth-order valence-corrected chi connectivity index (χ4v) is 4.06. The highest BCUT2D eigenvalue weighted by molar-refractivity contribution is 7.98. The first-order valence-electron chi connectivity index (χ1n) is 11.0. The largest absolute Gasteiger partial charge is 0.486 e. The lowest BCUT2D eigenvalue weighted by molar-refractivity contribution is 0.102. The lowest BCUT2D eigenvalue weighted by atomic mass is 10.0. The summed E-state index contributed by atoms with van der Waals surface area (Å²) >= 11 is 1.47. The van der Waals surface area contributed by atoms with E-state index in [0.717, 1.165) is 17.0 Å². The summed E-state index contributed by atoms with van der Waals surface area (Å²) < 4.78 is 7.26. The summed E-state index contributed by atoms with van der Waals surface area (Å²) in [6.45, 7) is 4.54. The van der Waals surface area contributed by atoms with Gasteiger partial charge in [-0.25, -0.2) is 4.68 Å². The van der Waals surface area contributed by atoms with Crippen LogP contribution in [0.5, 0.6) is 5.75 Å². The smallest absolute Gasteiger partial charge is 0.255 e. The van der Waals surface area contributed by atoms with Gasteiger partial charge in [0, 0.05) is 17.0 Å². The summed E-state index contributed by atoms with van der Waals surface area (Å²) in [5.41, 5.74) is 3.67. The molecule has 1 amide bonds. The molecule has 0 aliphatic carbocycles. The molecule has 0 bridgehead atoms. The van der Waals surface area contributed by atoms with E-state index in [1.54, 1.807) is 0 Å². The number of ether oxygens (including phenoxy) is 1. The molecule has 0 radical (unpaired) electrons. The van der Waals surface area contributed by atoms with E-state index in [0.29, 0.717) is 28.2 Å². The Morgan fingerprint density at radius 3 is 2.38 bits per heavy atom. The van der Waals surface area contributed by atoms with Gasteiger partial charge in [-0.2, -0.15) is 0 Å². The molecule has 0 saturated carbocycles. The number of nitrogens with two attached hydrogens (primary N) is 1. The highest BCUT2D eigenvalue weighted by atomic mass is 32.2. The van der Waals surface area contributed by atoms with Gasteiger partial charge in [0.1, 0.15) is 12.4 Å². The van der Waals surface area contributed by atoms with Gasteiger partial charge in [0.2, 0.25) is 5.16 Å². The quantitative estimate of drug-likeness (QED) is 0.255. The van der Waals surface area contributed by atoms with Crippen molar-refractivity contribution in [2.24, 2.45) is 0 Å². The number of nitrogens with zero attached hydrogens (tertiary/aromatic N) is 3. The van der Waals surface area contributed by atoms with Gasteiger partial charge in [0.25, 0.3) is 5.91 Å². The van der Waals surface area contributed by atoms with E-state index < -0.39 is 0 Å². The van der Waals surface area contributed by atoms with Gasteiger partial charge in [-0.3, -0.25) is 4.79 Å². The molecule has 4 rings (SSSR count). The fourth-order valence-electron chi connectivity index (χ4n) is 3.23. The van der Waals surface area contributed by atoms with Gasteiger partial charge >= 0.3 is 0 Å². The van der Waals surface area contributed by atoms with Crippen LogP contribution in [0, 0.1) is 0 Å². The van der Waals surface area contributed by atoms with Crippen molar-refractivity contribution in [2.45, 2.75) is 37.3 Å². The number of rotatable bonds is 9. The summed E-state index contributed by atoms with van der Waals surface area (Å²) in [6, 6.07) is 24.9. The molecule has 0 fully saturated rings. The van der Waals surface area contributed by atoms with E-state index in [9.17, 15) is 4.79 Å². The minimum atomic E-state index is -0.143. The molecule has 1 heterocycles. The highest BCUT2D eigenvalue weighted by Gasteiger charge is 2.12. The molecule has 3 aromatic carbocycles. The number of hydrogen-bond acceptors (Lipinski definition) is 6. The summed E-state index contributed by atoms with van der Waals surface area (Å²) in [6.07, 6.45) is 0. The Labute approximate surface area is 203 Å². The number of aromatic nitrogens is 3. The molecule has 0 atom stereocenters. The van der Waals surface area contributed by atoms with Gasteiger partial charge in [0.15, 0.2) is 5.82 Å². The number of carbonyl (C=O) groups is 1. The van der Waals surface area contributed by atoms with Crippen LogP contribution in [0.15, 0.2) is 84.0 Å². The van der Waals surface area contributed by atoms with Crippen molar-refractivity contribution < 1.29 is 9.53 Å². The number of nitrogens with one attached hydrogen (secondary N) is 1. The van der Waals surface area contributed by atoms with Crippen molar-refractivity contribution >= 4 is 23.4 Å². The van der Waals surface area contributed by atoms with Gasteiger partial charge in [-0.05, 0) is 53.4 Å². The number of carbonyl (C=O) groups excluding carboxylic acids is 1. The van der Waals surface area contributed by atoms with E-state index in [-0.39, 0.29) is 12.5 Å². The molecule has 3 N–H and O–H groups in total. The standard InChI is InChI=1S/C26H27N5O2S/c1-18(2)20-12-14-23(15-13-20)33-16-24-29-30-26(31(24)27)34-17-19-8-10-21(11-9-19)25(32)28-22-6-4-3-5-7-22/h3-15,18H,16-17,27H2,1-2H3,(H,28,32). The molecule has 174 valence electrons. The molecule has 0 aliphatic heterocycles. The average molecular weight is 474 g/mol. The fraction of sp³-hybridized carbons (Fsp3) is 0.192. The first-order chi connectivity index (χ1) is 16.5. The predicted octanol–water partition coefficient (Wildman–Crippen LogP) is 5.24. The Hall–Kier alpha value is -3.78. The first kappa shape index (κ1) is 23.4.